The molecule has 4 heteroatoms. The molecule has 0 aromatic heterocycles. The zero-order valence-electron chi connectivity index (χ0n) is 9.91. The monoisotopic (exact) mass is 285 g/mol. The molecule has 0 saturated heterocycles. The fourth-order valence-electron chi connectivity index (χ4n) is 0.989. The zero-order valence-corrected chi connectivity index (χ0v) is 11.5. The van der Waals surface area contributed by atoms with Crippen molar-refractivity contribution >= 4 is 27.6 Å². The lowest BCUT2D eigenvalue weighted by Gasteiger charge is -2.02. The van der Waals surface area contributed by atoms with Gasteiger partial charge in [0.25, 0.3) is 0 Å². The lowest BCUT2D eigenvalue weighted by Crippen LogP contribution is -2.00. The predicted molar refractivity (Wildman–Crippen MR) is 70.9 cm³/mol. The second-order valence-corrected chi connectivity index (χ2v) is 3.91. The highest BCUT2D eigenvalue weighted by molar-refractivity contribution is 9.11. The van der Waals surface area contributed by atoms with Crippen LogP contribution < -0.4 is 0 Å². The minimum atomic E-state index is -0.975. The maximum absolute atomic E-state index is 10.7. The van der Waals surface area contributed by atoms with Crippen molar-refractivity contribution in [2.24, 2.45) is 4.99 Å². The van der Waals surface area contributed by atoms with Crippen LogP contribution in [0.25, 0.3) is 0 Å². The Bertz CT molecular complexity index is 390. The average Bonchev–Trinajstić information content (AvgIpc) is 2.24. The van der Waals surface area contributed by atoms with Crippen LogP contribution in [0.2, 0.25) is 0 Å². The van der Waals surface area contributed by atoms with Crippen molar-refractivity contribution in [3.8, 4) is 0 Å². The molecule has 0 saturated carbocycles. The topological polar surface area (TPSA) is 49.7 Å². The van der Waals surface area contributed by atoms with Crippen LogP contribution in [0.5, 0.6) is 0 Å². The predicted octanol–water partition coefficient (Wildman–Crippen LogP) is 3.68. The summed E-state index contributed by atoms with van der Waals surface area (Å²) in [6.45, 7) is 7.18. The van der Waals surface area contributed by atoms with Gasteiger partial charge >= 0.3 is 5.97 Å². The summed E-state index contributed by atoms with van der Waals surface area (Å²) >= 11 is 3.15. The summed E-state index contributed by atoms with van der Waals surface area (Å²) in [5, 5.41) is 8.78. The summed E-state index contributed by atoms with van der Waals surface area (Å²) in [6.07, 6.45) is 5.76. The van der Waals surface area contributed by atoms with E-state index in [4.69, 9.17) is 5.11 Å². The minimum Gasteiger partial charge on any atom is -0.478 e. The molecule has 0 unspecified atom stereocenters. The summed E-state index contributed by atoms with van der Waals surface area (Å²) in [5.41, 5.74) is 1.93. The molecule has 3 nitrogen and oxygen atoms in total. The van der Waals surface area contributed by atoms with E-state index < -0.39 is 5.97 Å². The Morgan fingerprint density at radius 3 is 2.25 bits per heavy atom. The SMILES string of the molecule is C\C=C/C(=C\C)C(/C)=N/C(Br)=C(\C)C(=O)O. The molecule has 0 heterocycles. The van der Waals surface area contributed by atoms with Crippen molar-refractivity contribution in [3.05, 3.63) is 34.0 Å². The Balaban J connectivity index is 5.20. The maximum atomic E-state index is 10.7. The standard InChI is InChI=1S/C12H16BrNO2/c1-5-7-10(6-2)9(4)14-11(13)8(3)12(15)16/h5-7H,1-4H3,(H,15,16)/b7-5-,10-6+,11-8+,14-9+. The van der Waals surface area contributed by atoms with Gasteiger partial charge in [0.2, 0.25) is 0 Å². The highest BCUT2D eigenvalue weighted by Gasteiger charge is 2.06. The Kier molecular flexibility index (Phi) is 6.65. The third kappa shape index (κ3) is 4.57. The summed E-state index contributed by atoms with van der Waals surface area (Å²) in [6, 6.07) is 0. The number of rotatable bonds is 4. The van der Waals surface area contributed by atoms with Crippen molar-refractivity contribution in [2.75, 3.05) is 0 Å². The molecule has 88 valence electrons. The van der Waals surface area contributed by atoms with E-state index in [1.807, 2.05) is 39.0 Å². The van der Waals surface area contributed by atoms with Gasteiger partial charge in [-0.2, -0.15) is 0 Å². The fraction of sp³-hybridized carbons (Fsp3) is 0.333. The lowest BCUT2D eigenvalue weighted by molar-refractivity contribution is -0.132. The second-order valence-electron chi connectivity index (χ2n) is 3.16. The number of hydrogen-bond acceptors (Lipinski definition) is 2. The third-order valence-corrected chi connectivity index (χ3v) is 2.74. The van der Waals surface area contributed by atoms with E-state index in [0.717, 1.165) is 11.3 Å². The van der Waals surface area contributed by atoms with E-state index in [2.05, 4.69) is 20.9 Å². The van der Waals surface area contributed by atoms with Crippen LogP contribution in [0, 0.1) is 0 Å². The first kappa shape index (κ1) is 14.8. The molecule has 0 aliphatic rings. The molecule has 0 spiro atoms. The molecule has 0 aliphatic heterocycles. The minimum absolute atomic E-state index is 0.190. The summed E-state index contributed by atoms with van der Waals surface area (Å²) < 4.78 is 0.348. The number of aliphatic carboxylic acids is 1. The van der Waals surface area contributed by atoms with E-state index in [9.17, 15) is 4.79 Å². The smallest absolute Gasteiger partial charge is 0.334 e. The van der Waals surface area contributed by atoms with Crippen LogP contribution in [0.15, 0.2) is 39.0 Å². The van der Waals surface area contributed by atoms with Gasteiger partial charge in [-0.15, -0.1) is 0 Å². The van der Waals surface area contributed by atoms with Crippen molar-refractivity contribution in [1.82, 2.24) is 0 Å². The molecule has 0 aliphatic carbocycles. The number of hydrogen-bond donors (Lipinski definition) is 1. The first-order valence-corrected chi connectivity index (χ1v) is 5.67. The van der Waals surface area contributed by atoms with Crippen LogP contribution in [0.1, 0.15) is 27.7 Å². The molecule has 0 radical (unpaired) electrons. The highest BCUT2D eigenvalue weighted by Crippen LogP contribution is 2.15. The summed E-state index contributed by atoms with van der Waals surface area (Å²) in [5.74, 6) is -0.975. The van der Waals surface area contributed by atoms with Gasteiger partial charge in [0.15, 0.2) is 0 Å². The largest absolute Gasteiger partial charge is 0.478 e. The molecular weight excluding hydrogens is 270 g/mol. The molecule has 0 aromatic carbocycles. The zero-order chi connectivity index (χ0) is 12.7. The Hall–Kier alpha value is -1.16. The van der Waals surface area contributed by atoms with Crippen molar-refractivity contribution in [2.45, 2.75) is 27.7 Å². The number of nitrogens with zero attached hydrogens (tertiary/aromatic N) is 1. The Labute approximate surface area is 104 Å². The molecule has 0 bridgehead atoms. The molecule has 1 N–H and O–H groups in total. The summed E-state index contributed by atoms with van der Waals surface area (Å²) in [4.78, 5) is 14.9. The van der Waals surface area contributed by atoms with Crippen LogP contribution in [0.4, 0.5) is 0 Å². The van der Waals surface area contributed by atoms with Gasteiger partial charge < -0.3 is 5.11 Å². The fourth-order valence-corrected chi connectivity index (χ4v) is 1.42. The second kappa shape index (κ2) is 7.17. The molecular formula is C12H16BrNO2. The number of carbonyl (C=O) groups is 1. The van der Waals surface area contributed by atoms with Gasteiger partial charge in [0.1, 0.15) is 4.61 Å². The molecule has 0 fully saturated rings. The quantitative estimate of drug-likeness (QED) is 0.371. The van der Waals surface area contributed by atoms with Crippen molar-refractivity contribution in [3.63, 3.8) is 0 Å². The number of halogens is 1. The number of aliphatic imine (C=N–C) groups is 1. The Morgan fingerprint density at radius 1 is 1.31 bits per heavy atom. The van der Waals surface area contributed by atoms with Gasteiger partial charge in [-0.05, 0) is 49.2 Å². The van der Waals surface area contributed by atoms with Gasteiger partial charge in [-0.3, -0.25) is 0 Å². The van der Waals surface area contributed by atoms with Crippen LogP contribution in [-0.2, 0) is 4.79 Å². The first-order valence-electron chi connectivity index (χ1n) is 4.88. The van der Waals surface area contributed by atoms with Crippen LogP contribution in [0.3, 0.4) is 0 Å². The first-order chi connectivity index (χ1) is 7.43. The number of carboxylic acid groups (broad SMARTS) is 1. The van der Waals surface area contributed by atoms with E-state index in [1.54, 1.807) is 0 Å². The number of carboxylic acids is 1. The molecule has 0 atom stereocenters. The molecule has 0 aromatic rings. The summed E-state index contributed by atoms with van der Waals surface area (Å²) in [7, 11) is 0. The van der Waals surface area contributed by atoms with E-state index in [0.29, 0.717) is 4.61 Å². The van der Waals surface area contributed by atoms with Crippen molar-refractivity contribution in [1.29, 1.82) is 0 Å². The van der Waals surface area contributed by atoms with E-state index in [-0.39, 0.29) is 5.57 Å². The van der Waals surface area contributed by atoms with E-state index in [1.165, 1.54) is 6.92 Å². The van der Waals surface area contributed by atoms with Gasteiger partial charge in [0, 0.05) is 5.71 Å². The maximum Gasteiger partial charge on any atom is 0.334 e. The lowest BCUT2D eigenvalue weighted by atomic mass is 10.1. The number of allylic oxidation sites excluding steroid dienone is 4. The molecule has 0 rings (SSSR count). The third-order valence-electron chi connectivity index (χ3n) is 1.97. The van der Waals surface area contributed by atoms with Gasteiger partial charge in [-0.25, -0.2) is 9.79 Å². The van der Waals surface area contributed by atoms with E-state index >= 15 is 0 Å². The molecule has 0 amide bonds. The van der Waals surface area contributed by atoms with Gasteiger partial charge in [-0.1, -0.05) is 18.2 Å². The van der Waals surface area contributed by atoms with Crippen molar-refractivity contribution < 1.29 is 9.90 Å². The van der Waals surface area contributed by atoms with Crippen LogP contribution in [-0.4, -0.2) is 16.8 Å². The molecule has 16 heavy (non-hydrogen) atoms. The average molecular weight is 286 g/mol. The highest BCUT2D eigenvalue weighted by atomic mass is 79.9. The van der Waals surface area contributed by atoms with Crippen LogP contribution >= 0.6 is 15.9 Å². The normalized spacial score (nSPS) is 15.3. The Morgan fingerprint density at radius 2 is 1.88 bits per heavy atom. The van der Waals surface area contributed by atoms with Gasteiger partial charge in [0.05, 0.1) is 5.57 Å².